The largest absolute Gasteiger partial charge is 0.399 e. The number of Topliss-reactive ketones (excluding diaryl/α,β-unsaturated/α-hetero) is 2. The van der Waals surface area contributed by atoms with E-state index in [-0.39, 0.29) is 12.5 Å². The van der Waals surface area contributed by atoms with Gasteiger partial charge in [0, 0.05) is 18.7 Å². The van der Waals surface area contributed by atoms with Crippen molar-refractivity contribution in [1.29, 1.82) is 0 Å². The molecule has 1 rings (SSSR count). The second-order valence-electron chi connectivity index (χ2n) is 4.32. The quantitative estimate of drug-likeness (QED) is 0.406. The molecule has 0 saturated heterocycles. The lowest BCUT2D eigenvalue weighted by Gasteiger charge is -2.18. The Morgan fingerprint density at radius 2 is 2.21 bits per heavy atom. The molecule has 0 aromatic rings. The predicted octanol–water partition coefficient (Wildman–Crippen LogP) is 0.291. The molecular formula is C13H17NO5. The normalized spacial score (nSPS) is 21.2. The molecule has 0 spiro atoms. The summed E-state index contributed by atoms with van der Waals surface area (Å²) in [5.74, 6) is -3.09. The average Bonchev–Trinajstić information content (AvgIpc) is 2.42. The van der Waals surface area contributed by atoms with E-state index in [1.54, 1.807) is 6.21 Å². The van der Waals surface area contributed by atoms with Crippen molar-refractivity contribution in [3.8, 4) is 0 Å². The van der Waals surface area contributed by atoms with Crippen molar-refractivity contribution < 1.29 is 24.3 Å². The summed E-state index contributed by atoms with van der Waals surface area (Å²) in [4.78, 5) is 38.6. The van der Waals surface area contributed by atoms with Gasteiger partial charge < -0.3 is 9.94 Å². The van der Waals surface area contributed by atoms with E-state index in [1.807, 2.05) is 0 Å². The highest BCUT2D eigenvalue weighted by molar-refractivity contribution is 6.67. The zero-order valence-electron chi connectivity index (χ0n) is 10.7. The minimum absolute atomic E-state index is 0.0448. The minimum atomic E-state index is -0.961. The van der Waals surface area contributed by atoms with Gasteiger partial charge in [-0.2, -0.15) is 0 Å². The monoisotopic (exact) mass is 267 g/mol. The summed E-state index contributed by atoms with van der Waals surface area (Å²) in [6, 6.07) is 0. The fraction of sp³-hybridized carbons (Fsp3) is 0.538. The van der Waals surface area contributed by atoms with Gasteiger partial charge in [-0.25, -0.2) is 0 Å². The Morgan fingerprint density at radius 3 is 2.84 bits per heavy atom. The van der Waals surface area contributed by atoms with Gasteiger partial charge in [-0.05, 0) is 31.3 Å². The summed E-state index contributed by atoms with van der Waals surface area (Å²) < 4.78 is 0. The number of carbonyl (C=O) groups excluding carboxylic acids is 3. The van der Waals surface area contributed by atoms with Crippen LogP contribution >= 0.6 is 0 Å². The molecule has 2 unspecified atom stereocenters. The highest BCUT2D eigenvalue weighted by Crippen LogP contribution is 2.21. The first-order valence-corrected chi connectivity index (χ1v) is 6.08. The van der Waals surface area contributed by atoms with Crippen LogP contribution in [0.3, 0.4) is 0 Å². The lowest BCUT2D eigenvalue weighted by molar-refractivity contribution is -0.144. The number of ketones is 3. The van der Waals surface area contributed by atoms with Crippen molar-refractivity contribution in [1.82, 2.24) is 0 Å². The van der Waals surface area contributed by atoms with Gasteiger partial charge in [0.1, 0.15) is 7.11 Å². The lowest BCUT2D eigenvalue weighted by atomic mass is 9.84. The summed E-state index contributed by atoms with van der Waals surface area (Å²) in [6.07, 6.45) is 5.73. The first-order valence-electron chi connectivity index (χ1n) is 6.08. The van der Waals surface area contributed by atoms with Gasteiger partial charge in [-0.15, -0.1) is 0 Å². The van der Waals surface area contributed by atoms with Gasteiger partial charge in [-0.3, -0.25) is 14.4 Å². The maximum Gasteiger partial charge on any atom is 0.268 e. The molecule has 0 bridgehead atoms. The van der Waals surface area contributed by atoms with Crippen LogP contribution in [0.1, 0.15) is 19.3 Å². The fourth-order valence-corrected chi connectivity index (χ4v) is 1.92. The first-order chi connectivity index (χ1) is 9.10. The first kappa shape index (κ1) is 15.2. The van der Waals surface area contributed by atoms with Crippen LogP contribution in [-0.2, 0) is 19.2 Å². The van der Waals surface area contributed by atoms with E-state index in [0.717, 1.165) is 6.08 Å². The molecule has 0 heterocycles. The van der Waals surface area contributed by atoms with Crippen LogP contribution < -0.4 is 0 Å². The van der Waals surface area contributed by atoms with Gasteiger partial charge in [-0.1, -0.05) is 11.2 Å². The van der Waals surface area contributed by atoms with Crippen LogP contribution in [0.2, 0.25) is 0 Å². The van der Waals surface area contributed by atoms with Crippen molar-refractivity contribution in [2.75, 3.05) is 13.7 Å². The van der Waals surface area contributed by atoms with Crippen molar-refractivity contribution in [2.45, 2.75) is 19.3 Å². The molecule has 0 amide bonds. The number of oxime groups is 1. The zero-order valence-corrected chi connectivity index (χ0v) is 10.7. The maximum absolute atomic E-state index is 11.7. The Kier molecular flexibility index (Phi) is 6.08. The van der Waals surface area contributed by atoms with Crippen LogP contribution in [0, 0.1) is 11.8 Å². The van der Waals surface area contributed by atoms with Crippen molar-refractivity contribution >= 4 is 23.6 Å². The highest BCUT2D eigenvalue weighted by atomic mass is 16.6. The van der Waals surface area contributed by atoms with Crippen LogP contribution in [0.15, 0.2) is 17.3 Å². The smallest absolute Gasteiger partial charge is 0.268 e. The Labute approximate surface area is 111 Å². The van der Waals surface area contributed by atoms with Crippen LogP contribution in [0.25, 0.3) is 0 Å². The molecular weight excluding hydrogens is 250 g/mol. The molecule has 1 N–H and O–H groups in total. The van der Waals surface area contributed by atoms with Crippen molar-refractivity contribution in [3.63, 3.8) is 0 Å². The van der Waals surface area contributed by atoms with Crippen LogP contribution in [0.5, 0.6) is 0 Å². The van der Waals surface area contributed by atoms with Gasteiger partial charge >= 0.3 is 0 Å². The van der Waals surface area contributed by atoms with Crippen molar-refractivity contribution in [2.24, 2.45) is 17.0 Å². The topological polar surface area (TPSA) is 93.0 Å². The third-order valence-electron chi connectivity index (χ3n) is 2.93. The van der Waals surface area contributed by atoms with Crippen LogP contribution in [-0.4, -0.2) is 42.4 Å². The van der Waals surface area contributed by atoms with E-state index in [9.17, 15) is 14.4 Å². The minimum Gasteiger partial charge on any atom is -0.399 e. The average molecular weight is 267 g/mol. The predicted molar refractivity (Wildman–Crippen MR) is 67.6 cm³/mol. The standard InChI is InChI=1S/C13H17NO5/c1-19-14-8-9(3-2-6-15)7-10-4-5-11(16)13(18)12(10)17/h4-5,8-10,15H,2-3,6-7H2,1H3. The molecule has 0 saturated carbocycles. The van der Waals surface area contributed by atoms with E-state index < -0.39 is 23.3 Å². The second-order valence-corrected chi connectivity index (χ2v) is 4.32. The number of hydrogen-bond donors (Lipinski definition) is 1. The Balaban J connectivity index is 2.70. The molecule has 0 fully saturated rings. The molecule has 6 nitrogen and oxygen atoms in total. The van der Waals surface area contributed by atoms with E-state index in [4.69, 9.17) is 5.11 Å². The molecule has 1 aliphatic rings. The molecule has 6 heteroatoms. The highest BCUT2D eigenvalue weighted by Gasteiger charge is 2.32. The summed E-state index contributed by atoms with van der Waals surface area (Å²) in [6.45, 7) is 0.0448. The Morgan fingerprint density at radius 1 is 1.47 bits per heavy atom. The van der Waals surface area contributed by atoms with E-state index in [0.29, 0.717) is 19.3 Å². The lowest BCUT2D eigenvalue weighted by Crippen LogP contribution is -2.33. The second kappa shape index (κ2) is 7.58. The third kappa shape index (κ3) is 4.40. The van der Waals surface area contributed by atoms with Gasteiger partial charge in [0.2, 0.25) is 11.6 Å². The Hall–Kier alpha value is -1.82. The molecule has 104 valence electrons. The fourth-order valence-electron chi connectivity index (χ4n) is 1.92. The molecule has 0 aliphatic heterocycles. The molecule has 19 heavy (non-hydrogen) atoms. The van der Waals surface area contributed by atoms with Gasteiger partial charge in [0.05, 0.1) is 0 Å². The molecule has 0 aromatic heterocycles. The third-order valence-corrected chi connectivity index (χ3v) is 2.93. The van der Waals surface area contributed by atoms with E-state index in [2.05, 4.69) is 9.99 Å². The van der Waals surface area contributed by atoms with E-state index >= 15 is 0 Å². The number of nitrogens with zero attached hydrogens (tertiary/aromatic N) is 1. The summed E-state index contributed by atoms with van der Waals surface area (Å²) in [5.41, 5.74) is 0. The zero-order chi connectivity index (χ0) is 14.3. The van der Waals surface area contributed by atoms with Gasteiger partial charge in [0.15, 0.2) is 0 Å². The van der Waals surface area contributed by atoms with Crippen LogP contribution in [0.4, 0.5) is 0 Å². The molecule has 0 radical (unpaired) electrons. The number of aliphatic hydroxyl groups excluding tert-OH is 1. The number of aliphatic hydroxyl groups is 1. The summed E-state index contributed by atoms with van der Waals surface area (Å²) in [5, 5.41) is 12.5. The summed E-state index contributed by atoms with van der Waals surface area (Å²) >= 11 is 0. The number of hydrogen-bond acceptors (Lipinski definition) is 6. The van der Waals surface area contributed by atoms with Crippen molar-refractivity contribution in [3.05, 3.63) is 12.2 Å². The number of allylic oxidation sites excluding steroid dienone is 2. The molecule has 2 atom stereocenters. The summed E-state index contributed by atoms with van der Waals surface area (Å²) in [7, 11) is 1.41. The SMILES string of the molecule is CON=CC(CCCO)CC1C=CC(=O)C(=O)C1=O. The Bertz CT molecular complexity index is 413. The molecule has 1 aliphatic carbocycles. The number of rotatable bonds is 7. The number of carbonyl (C=O) groups is 3. The molecule has 0 aromatic carbocycles. The maximum atomic E-state index is 11.7. The van der Waals surface area contributed by atoms with E-state index in [1.165, 1.54) is 13.2 Å². The van der Waals surface area contributed by atoms with Gasteiger partial charge in [0.25, 0.3) is 5.78 Å².